The number of benzene rings is 10. The molecule has 2 heteroatoms. The lowest BCUT2D eigenvalue weighted by molar-refractivity contribution is 0.670. The van der Waals surface area contributed by atoms with Crippen LogP contribution >= 0.6 is 0 Å². The van der Waals surface area contributed by atoms with E-state index in [-0.39, 0.29) is 0 Å². The molecule has 0 fully saturated rings. The lowest BCUT2D eigenvalue weighted by Crippen LogP contribution is -2.12. The molecule has 1 heterocycles. The van der Waals surface area contributed by atoms with Crippen molar-refractivity contribution >= 4 is 49.8 Å². The molecule has 282 valence electrons. The summed E-state index contributed by atoms with van der Waals surface area (Å²) in [5.74, 6) is 0. The monoisotopic (exact) mass is 765 g/mol. The lowest BCUT2D eigenvalue weighted by Gasteiger charge is -2.30. The van der Waals surface area contributed by atoms with E-state index >= 15 is 0 Å². The summed E-state index contributed by atoms with van der Waals surface area (Å²) in [6, 6.07) is 85.0. The van der Waals surface area contributed by atoms with Crippen LogP contribution in [0.5, 0.6) is 0 Å². The Morgan fingerprint density at radius 3 is 1.67 bits per heavy atom. The van der Waals surface area contributed by atoms with Gasteiger partial charge in [0.15, 0.2) is 0 Å². The number of nitrogens with zero attached hydrogens (tertiary/aromatic N) is 1. The van der Waals surface area contributed by atoms with Crippen molar-refractivity contribution < 1.29 is 4.42 Å². The zero-order valence-electron chi connectivity index (χ0n) is 32.9. The summed E-state index contributed by atoms with van der Waals surface area (Å²) in [6.45, 7) is 0. The van der Waals surface area contributed by atoms with Crippen LogP contribution in [0.25, 0.3) is 88.3 Å². The van der Waals surface area contributed by atoms with Crippen LogP contribution in [0.3, 0.4) is 0 Å². The first-order valence-electron chi connectivity index (χ1n) is 20.5. The number of rotatable bonds is 8. The quantitative estimate of drug-likeness (QED) is 0.153. The Labute approximate surface area is 349 Å². The van der Waals surface area contributed by atoms with E-state index in [0.29, 0.717) is 0 Å². The molecule has 0 radical (unpaired) electrons. The van der Waals surface area contributed by atoms with Crippen molar-refractivity contribution in [1.29, 1.82) is 0 Å². The zero-order valence-corrected chi connectivity index (χ0v) is 32.9. The summed E-state index contributed by atoms with van der Waals surface area (Å²) < 4.78 is 6.49. The summed E-state index contributed by atoms with van der Waals surface area (Å²) in [4.78, 5) is 2.43. The number of anilines is 3. The van der Waals surface area contributed by atoms with Crippen molar-refractivity contribution in [2.24, 2.45) is 0 Å². The lowest BCUT2D eigenvalue weighted by atomic mass is 9.87. The van der Waals surface area contributed by atoms with Crippen LogP contribution in [-0.2, 0) is 0 Å². The van der Waals surface area contributed by atoms with Crippen LogP contribution in [0.1, 0.15) is 0 Å². The van der Waals surface area contributed by atoms with Crippen molar-refractivity contribution in [3.63, 3.8) is 0 Å². The molecule has 0 aliphatic carbocycles. The molecule has 0 spiro atoms. The first-order chi connectivity index (χ1) is 29.8. The highest BCUT2D eigenvalue weighted by Crippen LogP contribution is 2.49. The summed E-state index contributed by atoms with van der Waals surface area (Å²) in [5, 5.41) is 4.71. The minimum atomic E-state index is 0.899. The van der Waals surface area contributed by atoms with Crippen LogP contribution in [0.4, 0.5) is 17.1 Å². The van der Waals surface area contributed by atoms with E-state index in [1.807, 2.05) is 12.1 Å². The maximum absolute atomic E-state index is 6.49. The van der Waals surface area contributed by atoms with Crippen LogP contribution in [0.15, 0.2) is 241 Å². The Morgan fingerprint density at radius 1 is 0.300 bits per heavy atom. The average molecular weight is 766 g/mol. The third-order valence-corrected chi connectivity index (χ3v) is 11.7. The molecular weight excluding hydrogens is 727 g/mol. The fraction of sp³-hybridized carbons (Fsp3) is 0. The minimum Gasteiger partial charge on any atom is -0.455 e. The van der Waals surface area contributed by atoms with Crippen molar-refractivity contribution in [3.05, 3.63) is 237 Å². The van der Waals surface area contributed by atoms with E-state index in [1.165, 1.54) is 38.6 Å². The Hall–Kier alpha value is -7.94. The highest BCUT2D eigenvalue weighted by atomic mass is 16.3. The SMILES string of the molecule is c1ccc(-c2ccccc2-c2c(-c3ccccc3)cccc2N(c2ccc(-c3cccc4c3oc3ccccc34)cc2)c2cccc(-c3ccc4ccccc4c3)c2)cc1. The first-order valence-corrected chi connectivity index (χ1v) is 20.5. The van der Waals surface area contributed by atoms with Gasteiger partial charge in [0.25, 0.3) is 0 Å². The molecule has 0 amide bonds. The standard InChI is InChI=1S/C58H39NO/c1-3-17-41(18-4-1)49-24-9-10-26-53(49)57-50(42-19-5-2-6-20-42)27-15-30-55(57)59(48-23-13-22-45(39-48)46-33-32-40-16-7-8-21-44(40)38-46)47-36-34-43(35-37-47)51-28-14-29-54-52-25-11-12-31-56(52)60-58(51)54/h1-39H. The van der Waals surface area contributed by atoms with Gasteiger partial charge >= 0.3 is 0 Å². The summed E-state index contributed by atoms with van der Waals surface area (Å²) >= 11 is 0. The van der Waals surface area contributed by atoms with Gasteiger partial charge < -0.3 is 9.32 Å². The normalized spacial score (nSPS) is 11.3. The Bertz CT molecular complexity index is 3310. The van der Waals surface area contributed by atoms with Gasteiger partial charge in [0.2, 0.25) is 0 Å². The number of hydrogen-bond acceptors (Lipinski definition) is 2. The molecule has 2 nitrogen and oxygen atoms in total. The Balaban J connectivity index is 1.14. The topological polar surface area (TPSA) is 16.4 Å². The number of hydrogen-bond donors (Lipinski definition) is 0. The van der Waals surface area contributed by atoms with Gasteiger partial charge in [0.05, 0.1) is 5.69 Å². The second-order valence-corrected chi connectivity index (χ2v) is 15.3. The van der Waals surface area contributed by atoms with Crippen molar-refractivity contribution in [2.75, 3.05) is 4.90 Å². The minimum absolute atomic E-state index is 0.899. The summed E-state index contributed by atoms with van der Waals surface area (Å²) in [7, 11) is 0. The second-order valence-electron chi connectivity index (χ2n) is 15.3. The number of furan rings is 1. The van der Waals surface area contributed by atoms with Crippen molar-refractivity contribution in [3.8, 4) is 55.6 Å². The van der Waals surface area contributed by atoms with Crippen LogP contribution in [0.2, 0.25) is 0 Å². The fourth-order valence-corrected chi connectivity index (χ4v) is 8.82. The van der Waals surface area contributed by atoms with Crippen molar-refractivity contribution in [1.82, 2.24) is 0 Å². The number of para-hydroxylation sites is 2. The van der Waals surface area contributed by atoms with Gasteiger partial charge in [-0.25, -0.2) is 0 Å². The molecule has 11 rings (SSSR count). The van der Waals surface area contributed by atoms with Gasteiger partial charge in [-0.2, -0.15) is 0 Å². The maximum atomic E-state index is 6.49. The van der Waals surface area contributed by atoms with Gasteiger partial charge in [-0.05, 0) is 97.7 Å². The zero-order chi connectivity index (χ0) is 39.8. The Kier molecular flexibility index (Phi) is 8.87. The van der Waals surface area contributed by atoms with Crippen LogP contribution in [-0.4, -0.2) is 0 Å². The molecular formula is C58H39NO. The summed E-state index contributed by atoms with van der Waals surface area (Å²) in [6.07, 6.45) is 0. The predicted molar refractivity (Wildman–Crippen MR) is 253 cm³/mol. The Morgan fingerprint density at radius 2 is 0.850 bits per heavy atom. The summed E-state index contributed by atoms with van der Waals surface area (Å²) in [5.41, 5.74) is 16.5. The number of fused-ring (bicyclic) bond motifs is 4. The molecule has 0 saturated carbocycles. The van der Waals surface area contributed by atoms with E-state index in [1.54, 1.807) is 0 Å². The molecule has 0 unspecified atom stereocenters. The van der Waals surface area contributed by atoms with E-state index in [4.69, 9.17) is 4.42 Å². The smallest absolute Gasteiger partial charge is 0.143 e. The van der Waals surface area contributed by atoms with Gasteiger partial charge in [-0.15, -0.1) is 0 Å². The third-order valence-electron chi connectivity index (χ3n) is 11.7. The van der Waals surface area contributed by atoms with E-state index in [0.717, 1.165) is 66.8 Å². The molecule has 0 atom stereocenters. The largest absolute Gasteiger partial charge is 0.455 e. The van der Waals surface area contributed by atoms with E-state index in [2.05, 4.69) is 229 Å². The van der Waals surface area contributed by atoms with Gasteiger partial charge in [-0.3, -0.25) is 0 Å². The van der Waals surface area contributed by atoms with Gasteiger partial charge in [0.1, 0.15) is 11.2 Å². The predicted octanol–water partition coefficient (Wildman–Crippen LogP) is 16.5. The molecule has 0 aliphatic heterocycles. The molecule has 1 aromatic heterocycles. The maximum Gasteiger partial charge on any atom is 0.143 e. The second kappa shape index (κ2) is 15.1. The molecule has 10 aromatic carbocycles. The van der Waals surface area contributed by atoms with E-state index in [9.17, 15) is 0 Å². The molecule has 0 aliphatic rings. The van der Waals surface area contributed by atoms with Gasteiger partial charge in [-0.1, -0.05) is 194 Å². The molecule has 0 saturated heterocycles. The van der Waals surface area contributed by atoms with E-state index < -0.39 is 0 Å². The molecule has 60 heavy (non-hydrogen) atoms. The first kappa shape index (κ1) is 35.2. The molecule has 0 bridgehead atoms. The average Bonchev–Trinajstić information content (AvgIpc) is 3.71. The van der Waals surface area contributed by atoms with Crippen LogP contribution in [0, 0.1) is 0 Å². The van der Waals surface area contributed by atoms with Gasteiger partial charge in [0, 0.05) is 33.3 Å². The fourth-order valence-electron chi connectivity index (χ4n) is 8.82. The molecule has 11 aromatic rings. The van der Waals surface area contributed by atoms with Crippen LogP contribution < -0.4 is 4.90 Å². The highest BCUT2D eigenvalue weighted by molar-refractivity contribution is 6.09. The highest BCUT2D eigenvalue weighted by Gasteiger charge is 2.23. The third kappa shape index (κ3) is 6.32. The van der Waals surface area contributed by atoms with Crippen molar-refractivity contribution in [2.45, 2.75) is 0 Å². The molecule has 0 N–H and O–H groups in total.